The van der Waals surface area contributed by atoms with Crippen molar-refractivity contribution < 1.29 is 9.18 Å². The molecule has 0 N–H and O–H groups in total. The number of carbonyl (C=O) groups is 1. The summed E-state index contributed by atoms with van der Waals surface area (Å²) in [7, 11) is 0. The third kappa shape index (κ3) is 2.58. The first kappa shape index (κ1) is 13.5. The van der Waals surface area contributed by atoms with Gasteiger partial charge in [-0.25, -0.2) is 4.39 Å². The Morgan fingerprint density at radius 1 is 1.50 bits per heavy atom. The van der Waals surface area contributed by atoms with E-state index in [1.54, 1.807) is 30.0 Å². The third-order valence-corrected chi connectivity index (χ3v) is 4.87. The monoisotopic (exact) mass is 313 g/mol. The van der Waals surface area contributed by atoms with Gasteiger partial charge >= 0.3 is 0 Å². The highest BCUT2D eigenvalue weighted by molar-refractivity contribution is 9.09. The summed E-state index contributed by atoms with van der Waals surface area (Å²) in [6, 6.07) is 4.97. The fourth-order valence-corrected chi connectivity index (χ4v) is 2.66. The second-order valence-corrected chi connectivity index (χ2v) is 6.15. The molecule has 0 aliphatic carbocycles. The Balaban J connectivity index is 2.19. The zero-order valence-corrected chi connectivity index (χ0v) is 12.2. The number of amides is 1. The number of rotatable bonds is 1. The van der Waals surface area contributed by atoms with Crippen LogP contribution in [0.2, 0.25) is 0 Å². The molecule has 2 atom stereocenters. The Labute approximate surface area is 115 Å². The van der Waals surface area contributed by atoms with Crippen molar-refractivity contribution in [3.63, 3.8) is 0 Å². The summed E-state index contributed by atoms with van der Waals surface area (Å²) in [6.45, 7) is 5.15. The van der Waals surface area contributed by atoms with Crippen LogP contribution < -0.4 is 0 Å². The molecule has 1 aliphatic rings. The first-order valence-corrected chi connectivity index (χ1v) is 7.10. The minimum absolute atomic E-state index is 0.190. The average molecular weight is 314 g/mol. The van der Waals surface area contributed by atoms with E-state index in [2.05, 4.69) is 22.9 Å². The molecule has 1 saturated heterocycles. The van der Waals surface area contributed by atoms with Gasteiger partial charge in [-0.15, -0.1) is 0 Å². The minimum atomic E-state index is -0.392. The van der Waals surface area contributed by atoms with E-state index in [0.717, 1.165) is 6.42 Å². The van der Waals surface area contributed by atoms with E-state index in [1.165, 1.54) is 0 Å². The predicted molar refractivity (Wildman–Crippen MR) is 73.5 cm³/mol. The summed E-state index contributed by atoms with van der Waals surface area (Å²) in [5.74, 6) is -0.186. The van der Waals surface area contributed by atoms with Crippen molar-refractivity contribution in [1.82, 2.24) is 4.90 Å². The SMILES string of the molecule is Cc1cccc(C(=O)N2CCC(Br)C(C)C2)c1F. The van der Waals surface area contributed by atoms with E-state index in [0.29, 0.717) is 29.4 Å². The molecule has 2 unspecified atom stereocenters. The zero-order valence-electron chi connectivity index (χ0n) is 10.6. The summed E-state index contributed by atoms with van der Waals surface area (Å²) < 4.78 is 13.9. The molecule has 1 heterocycles. The van der Waals surface area contributed by atoms with Crippen LogP contribution in [0.5, 0.6) is 0 Å². The molecule has 0 bridgehead atoms. The summed E-state index contributed by atoms with van der Waals surface area (Å²) in [4.78, 5) is 14.5. The van der Waals surface area contributed by atoms with E-state index in [-0.39, 0.29) is 11.5 Å². The molecule has 1 amide bonds. The van der Waals surface area contributed by atoms with E-state index in [1.807, 2.05) is 0 Å². The second kappa shape index (κ2) is 5.39. The molecule has 0 spiro atoms. The lowest BCUT2D eigenvalue weighted by molar-refractivity contribution is 0.0685. The highest BCUT2D eigenvalue weighted by Gasteiger charge is 2.28. The smallest absolute Gasteiger partial charge is 0.256 e. The minimum Gasteiger partial charge on any atom is -0.338 e. The maximum absolute atomic E-state index is 13.9. The molecule has 0 aromatic heterocycles. The van der Waals surface area contributed by atoms with Gasteiger partial charge in [-0.2, -0.15) is 0 Å². The first-order chi connectivity index (χ1) is 8.50. The summed E-state index contributed by atoms with van der Waals surface area (Å²) in [5, 5.41) is 0. The quantitative estimate of drug-likeness (QED) is 0.728. The van der Waals surface area contributed by atoms with E-state index in [9.17, 15) is 9.18 Å². The van der Waals surface area contributed by atoms with Gasteiger partial charge in [0.2, 0.25) is 0 Å². The molecule has 2 nitrogen and oxygen atoms in total. The first-order valence-electron chi connectivity index (χ1n) is 6.19. The highest BCUT2D eigenvalue weighted by Crippen LogP contribution is 2.25. The Morgan fingerprint density at radius 2 is 2.22 bits per heavy atom. The number of hydrogen-bond donors (Lipinski definition) is 0. The number of piperidine rings is 1. The lowest BCUT2D eigenvalue weighted by Crippen LogP contribution is -2.43. The van der Waals surface area contributed by atoms with Crippen LogP contribution in [0.15, 0.2) is 18.2 Å². The van der Waals surface area contributed by atoms with Gasteiger partial charge in [-0.1, -0.05) is 35.0 Å². The number of hydrogen-bond acceptors (Lipinski definition) is 1. The number of aryl methyl sites for hydroxylation is 1. The molecule has 18 heavy (non-hydrogen) atoms. The summed E-state index contributed by atoms with van der Waals surface area (Å²) in [5.41, 5.74) is 0.708. The number of carbonyl (C=O) groups excluding carboxylic acids is 1. The van der Waals surface area contributed by atoms with Gasteiger partial charge in [0.25, 0.3) is 5.91 Å². The molecule has 98 valence electrons. The van der Waals surface area contributed by atoms with Gasteiger partial charge in [-0.05, 0) is 30.9 Å². The van der Waals surface area contributed by atoms with Crippen LogP contribution in [-0.2, 0) is 0 Å². The maximum Gasteiger partial charge on any atom is 0.256 e. The summed E-state index contributed by atoms with van der Waals surface area (Å²) in [6.07, 6.45) is 0.917. The second-order valence-electron chi connectivity index (χ2n) is 4.97. The van der Waals surface area contributed by atoms with Crippen molar-refractivity contribution in [3.05, 3.63) is 35.1 Å². The van der Waals surface area contributed by atoms with Gasteiger partial charge < -0.3 is 4.90 Å². The van der Waals surface area contributed by atoms with Crippen molar-refractivity contribution >= 4 is 21.8 Å². The largest absolute Gasteiger partial charge is 0.338 e. The Kier molecular flexibility index (Phi) is 4.05. The average Bonchev–Trinajstić information content (AvgIpc) is 2.35. The number of likely N-dealkylation sites (tertiary alicyclic amines) is 1. The Hall–Kier alpha value is -0.900. The normalized spacial score (nSPS) is 24.1. The van der Waals surface area contributed by atoms with Crippen LogP contribution >= 0.6 is 15.9 Å². The number of alkyl halides is 1. The lowest BCUT2D eigenvalue weighted by Gasteiger charge is -2.34. The fourth-order valence-electron chi connectivity index (χ4n) is 2.28. The van der Waals surface area contributed by atoms with Gasteiger partial charge in [0.05, 0.1) is 5.56 Å². The van der Waals surface area contributed by atoms with Crippen molar-refractivity contribution in [2.24, 2.45) is 5.92 Å². The molecule has 0 radical (unpaired) electrons. The number of halogens is 2. The van der Waals surface area contributed by atoms with Crippen LogP contribution in [0.3, 0.4) is 0 Å². The highest BCUT2D eigenvalue weighted by atomic mass is 79.9. The fraction of sp³-hybridized carbons (Fsp3) is 0.500. The molecule has 4 heteroatoms. The van der Waals surface area contributed by atoms with E-state index < -0.39 is 5.82 Å². The molecule has 2 rings (SSSR count). The third-order valence-electron chi connectivity index (χ3n) is 3.51. The van der Waals surface area contributed by atoms with Gasteiger partial charge in [0, 0.05) is 17.9 Å². The standard InChI is InChI=1S/C14H17BrFNO/c1-9-4-3-5-11(13(9)16)14(18)17-7-6-12(15)10(2)8-17/h3-5,10,12H,6-8H2,1-2H3. The van der Waals surface area contributed by atoms with Crippen molar-refractivity contribution in [3.8, 4) is 0 Å². The number of benzene rings is 1. The van der Waals surface area contributed by atoms with E-state index >= 15 is 0 Å². The molecule has 1 aromatic carbocycles. The lowest BCUT2D eigenvalue weighted by atomic mass is 9.99. The molecule has 1 aliphatic heterocycles. The van der Waals surface area contributed by atoms with Crippen LogP contribution in [0.1, 0.15) is 29.3 Å². The molecular weight excluding hydrogens is 297 g/mol. The van der Waals surface area contributed by atoms with Gasteiger partial charge in [0.15, 0.2) is 0 Å². The van der Waals surface area contributed by atoms with Crippen LogP contribution in [0, 0.1) is 18.7 Å². The van der Waals surface area contributed by atoms with Crippen LogP contribution in [0.4, 0.5) is 4.39 Å². The molecular formula is C14H17BrFNO. The Morgan fingerprint density at radius 3 is 2.89 bits per heavy atom. The number of nitrogens with zero attached hydrogens (tertiary/aromatic N) is 1. The topological polar surface area (TPSA) is 20.3 Å². The molecule has 0 saturated carbocycles. The Bertz CT molecular complexity index is 463. The van der Waals surface area contributed by atoms with Gasteiger partial charge in [-0.3, -0.25) is 4.79 Å². The zero-order chi connectivity index (χ0) is 13.3. The van der Waals surface area contributed by atoms with Crippen molar-refractivity contribution in [1.29, 1.82) is 0 Å². The van der Waals surface area contributed by atoms with Crippen LogP contribution in [0.25, 0.3) is 0 Å². The van der Waals surface area contributed by atoms with Crippen LogP contribution in [-0.4, -0.2) is 28.7 Å². The molecule has 1 fully saturated rings. The van der Waals surface area contributed by atoms with Crippen molar-refractivity contribution in [2.45, 2.75) is 25.1 Å². The van der Waals surface area contributed by atoms with Gasteiger partial charge in [0.1, 0.15) is 5.82 Å². The van der Waals surface area contributed by atoms with Crippen molar-refractivity contribution in [2.75, 3.05) is 13.1 Å². The maximum atomic E-state index is 13.9. The van der Waals surface area contributed by atoms with E-state index in [4.69, 9.17) is 0 Å². The predicted octanol–water partition coefficient (Wildman–Crippen LogP) is 3.38. The summed E-state index contributed by atoms with van der Waals surface area (Å²) >= 11 is 3.60. The molecule has 1 aromatic rings.